The second-order valence-corrected chi connectivity index (χ2v) is 5.29. The lowest BCUT2D eigenvalue weighted by atomic mass is 10.1. The quantitative estimate of drug-likeness (QED) is 0.765. The Bertz CT molecular complexity index is 422. The molecule has 0 aliphatic heterocycles. The van der Waals surface area contributed by atoms with Crippen LogP contribution >= 0.6 is 0 Å². The maximum absolute atomic E-state index is 9.66. The van der Waals surface area contributed by atoms with Crippen LogP contribution in [0.25, 0.3) is 0 Å². The number of fused-ring (bicyclic) bond motifs is 1. The summed E-state index contributed by atoms with van der Waals surface area (Å²) in [5.74, 6) is 0.901. The Morgan fingerprint density at radius 3 is 3.00 bits per heavy atom. The zero-order valence-electron chi connectivity index (χ0n) is 12.4. The Kier molecular flexibility index (Phi) is 5.83. The van der Waals surface area contributed by atoms with Crippen LogP contribution in [0.3, 0.4) is 0 Å². The van der Waals surface area contributed by atoms with Gasteiger partial charge in [-0.15, -0.1) is 0 Å². The molecule has 0 spiro atoms. The van der Waals surface area contributed by atoms with Crippen molar-refractivity contribution in [2.75, 3.05) is 26.9 Å². The highest BCUT2D eigenvalue weighted by molar-refractivity contribution is 5.45. The van der Waals surface area contributed by atoms with Crippen molar-refractivity contribution in [1.82, 2.24) is 5.32 Å². The molecule has 2 rings (SSSR count). The summed E-state index contributed by atoms with van der Waals surface area (Å²) in [6.07, 6.45) is 2.72. The maximum atomic E-state index is 9.66. The van der Waals surface area contributed by atoms with Crippen LogP contribution in [-0.4, -0.2) is 38.1 Å². The fraction of sp³-hybridized carbons (Fsp3) is 0.625. The van der Waals surface area contributed by atoms with E-state index in [0.717, 1.165) is 31.6 Å². The van der Waals surface area contributed by atoms with E-state index in [1.165, 1.54) is 11.1 Å². The molecule has 1 aromatic carbocycles. The van der Waals surface area contributed by atoms with Gasteiger partial charge in [0.2, 0.25) is 0 Å². The summed E-state index contributed by atoms with van der Waals surface area (Å²) >= 11 is 0. The summed E-state index contributed by atoms with van der Waals surface area (Å²) in [6, 6.07) is 6.63. The van der Waals surface area contributed by atoms with Crippen LogP contribution in [0.15, 0.2) is 18.2 Å². The van der Waals surface area contributed by atoms with Crippen LogP contribution in [-0.2, 0) is 11.2 Å². The Hall–Kier alpha value is -1.10. The van der Waals surface area contributed by atoms with Crippen LogP contribution in [0.1, 0.15) is 36.9 Å². The molecule has 1 aromatic rings. The first-order chi connectivity index (χ1) is 9.76. The average Bonchev–Trinajstić information content (AvgIpc) is 2.87. The molecule has 4 heteroatoms. The van der Waals surface area contributed by atoms with Crippen LogP contribution in [0, 0.1) is 0 Å². The number of aliphatic hydroxyl groups is 1. The zero-order chi connectivity index (χ0) is 14.4. The van der Waals surface area contributed by atoms with E-state index in [9.17, 15) is 5.11 Å². The van der Waals surface area contributed by atoms with Gasteiger partial charge in [0.1, 0.15) is 18.5 Å². The zero-order valence-corrected chi connectivity index (χ0v) is 12.4. The van der Waals surface area contributed by atoms with E-state index >= 15 is 0 Å². The predicted octanol–water partition coefficient (Wildman–Crippen LogP) is 2.06. The van der Waals surface area contributed by atoms with E-state index in [2.05, 4.69) is 18.3 Å². The molecular weight excluding hydrogens is 254 g/mol. The number of aliphatic hydroxyl groups excluding tert-OH is 1. The molecule has 0 saturated carbocycles. The molecule has 2 atom stereocenters. The SMILES string of the molecule is CCCNC1CCc2c(OCC(O)COC)cccc21. The first-order valence-corrected chi connectivity index (χ1v) is 7.41. The van der Waals surface area contributed by atoms with Gasteiger partial charge in [0.25, 0.3) is 0 Å². The standard InChI is InChI=1S/C16H25NO3/c1-3-9-17-15-8-7-14-13(15)5-4-6-16(14)20-11-12(18)10-19-2/h4-6,12,15,17-18H,3,7-11H2,1-2H3. The van der Waals surface area contributed by atoms with Crippen LogP contribution in [0.5, 0.6) is 5.75 Å². The Balaban J connectivity index is 2.00. The van der Waals surface area contributed by atoms with Crippen molar-refractivity contribution in [1.29, 1.82) is 0 Å². The van der Waals surface area contributed by atoms with Gasteiger partial charge in [-0.25, -0.2) is 0 Å². The van der Waals surface area contributed by atoms with Gasteiger partial charge in [0.15, 0.2) is 0 Å². The van der Waals surface area contributed by atoms with Crippen LogP contribution < -0.4 is 10.1 Å². The molecule has 0 amide bonds. The molecule has 1 aliphatic rings. The molecule has 0 heterocycles. The van der Waals surface area contributed by atoms with Gasteiger partial charge in [0.05, 0.1) is 6.61 Å². The molecular formula is C16H25NO3. The number of methoxy groups -OCH3 is 1. The Morgan fingerprint density at radius 1 is 1.40 bits per heavy atom. The van der Waals surface area contributed by atoms with Gasteiger partial charge in [-0.2, -0.15) is 0 Å². The van der Waals surface area contributed by atoms with E-state index < -0.39 is 6.10 Å². The van der Waals surface area contributed by atoms with Gasteiger partial charge in [0, 0.05) is 13.2 Å². The molecule has 20 heavy (non-hydrogen) atoms. The van der Waals surface area contributed by atoms with E-state index in [0.29, 0.717) is 12.6 Å². The molecule has 0 fully saturated rings. The van der Waals surface area contributed by atoms with Crippen molar-refractivity contribution in [2.24, 2.45) is 0 Å². The molecule has 112 valence electrons. The topological polar surface area (TPSA) is 50.7 Å². The highest BCUT2D eigenvalue weighted by Crippen LogP contribution is 2.36. The minimum absolute atomic E-state index is 0.275. The van der Waals surface area contributed by atoms with Crippen molar-refractivity contribution in [3.05, 3.63) is 29.3 Å². The van der Waals surface area contributed by atoms with Gasteiger partial charge >= 0.3 is 0 Å². The molecule has 2 unspecified atom stereocenters. The minimum atomic E-state index is -0.578. The minimum Gasteiger partial charge on any atom is -0.491 e. The molecule has 0 radical (unpaired) electrons. The highest BCUT2D eigenvalue weighted by Gasteiger charge is 2.24. The number of ether oxygens (including phenoxy) is 2. The lowest BCUT2D eigenvalue weighted by molar-refractivity contribution is 0.0323. The largest absolute Gasteiger partial charge is 0.491 e. The number of rotatable bonds is 8. The molecule has 4 nitrogen and oxygen atoms in total. The van der Waals surface area contributed by atoms with Crippen LogP contribution in [0.4, 0.5) is 0 Å². The summed E-state index contributed by atoms with van der Waals surface area (Å²) in [5, 5.41) is 13.2. The third-order valence-electron chi connectivity index (χ3n) is 3.66. The molecule has 0 saturated heterocycles. The summed E-state index contributed by atoms with van der Waals surface area (Å²) in [4.78, 5) is 0. The van der Waals surface area contributed by atoms with E-state index in [1.54, 1.807) is 7.11 Å². The Labute approximate surface area is 121 Å². The lowest BCUT2D eigenvalue weighted by Crippen LogP contribution is -2.23. The smallest absolute Gasteiger partial charge is 0.122 e. The van der Waals surface area contributed by atoms with Crippen LogP contribution in [0.2, 0.25) is 0 Å². The average molecular weight is 279 g/mol. The molecule has 1 aliphatic carbocycles. The third-order valence-corrected chi connectivity index (χ3v) is 3.66. The van der Waals surface area contributed by atoms with Crippen molar-refractivity contribution in [3.63, 3.8) is 0 Å². The fourth-order valence-corrected chi connectivity index (χ4v) is 2.71. The monoisotopic (exact) mass is 279 g/mol. The van der Waals surface area contributed by atoms with E-state index in [-0.39, 0.29) is 6.61 Å². The summed E-state index contributed by atoms with van der Waals surface area (Å²) in [7, 11) is 1.58. The molecule has 0 aromatic heterocycles. The number of nitrogens with one attached hydrogen (secondary N) is 1. The summed E-state index contributed by atoms with van der Waals surface area (Å²) in [5.41, 5.74) is 2.63. The first kappa shape index (κ1) is 15.3. The number of hydrogen-bond donors (Lipinski definition) is 2. The second-order valence-electron chi connectivity index (χ2n) is 5.29. The van der Waals surface area contributed by atoms with Gasteiger partial charge < -0.3 is 19.9 Å². The Morgan fingerprint density at radius 2 is 2.25 bits per heavy atom. The van der Waals surface area contributed by atoms with Gasteiger partial charge in [-0.1, -0.05) is 19.1 Å². The molecule has 2 N–H and O–H groups in total. The summed E-state index contributed by atoms with van der Waals surface area (Å²) < 4.78 is 10.7. The highest BCUT2D eigenvalue weighted by atomic mass is 16.5. The van der Waals surface area contributed by atoms with Gasteiger partial charge in [-0.3, -0.25) is 0 Å². The first-order valence-electron chi connectivity index (χ1n) is 7.41. The summed E-state index contributed by atoms with van der Waals surface area (Å²) in [6.45, 7) is 3.80. The van der Waals surface area contributed by atoms with Crippen molar-refractivity contribution < 1.29 is 14.6 Å². The number of benzene rings is 1. The number of hydrogen-bond acceptors (Lipinski definition) is 4. The fourth-order valence-electron chi connectivity index (χ4n) is 2.71. The normalized spacial score (nSPS) is 18.9. The van der Waals surface area contributed by atoms with Crippen molar-refractivity contribution in [3.8, 4) is 5.75 Å². The second kappa shape index (κ2) is 7.62. The maximum Gasteiger partial charge on any atom is 0.122 e. The lowest BCUT2D eigenvalue weighted by Gasteiger charge is -2.16. The van der Waals surface area contributed by atoms with Crippen molar-refractivity contribution in [2.45, 2.75) is 38.3 Å². The predicted molar refractivity (Wildman–Crippen MR) is 79.2 cm³/mol. The van der Waals surface area contributed by atoms with E-state index in [4.69, 9.17) is 9.47 Å². The van der Waals surface area contributed by atoms with E-state index in [1.807, 2.05) is 12.1 Å². The van der Waals surface area contributed by atoms with Gasteiger partial charge in [-0.05, 0) is 43.0 Å². The third kappa shape index (κ3) is 3.72. The van der Waals surface area contributed by atoms with Crippen molar-refractivity contribution >= 4 is 0 Å². The molecule has 0 bridgehead atoms.